The van der Waals surface area contributed by atoms with Crippen LogP contribution in [-0.2, 0) is 0 Å². The molecule has 3 heterocycles. The molecule has 0 bridgehead atoms. The number of hydrogen-bond donors (Lipinski definition) is 1. The van der Waals surface area contributed by atoms with Crippen LogP contribution in [0.15, 0.2) is 48.5 Å². The highest BCUT2D eigenvalue weighted by Crippen LogP contribution is 2.37. The Morgan fingerprint density at radius 3 is 2.41 bits per heavy atom. The summed E-state index contributed by atoms with van der Waals surface area (Å²) in [7, 11) is 3.77. The number of halogens is 1. The standard InChI is InChI=1S/C23H24ClN7O/c1-29-11-13-30(14-12-29)23-26-20(17-5-3-4-6-18(17)32-2)19-21(25)31(28-22(19)27-23)16-9-7-15(24)8-10-16/h3-10H,11-14,25H2,1-2H3. The lowest BCUT2D eigenvalue weighted by molar-refractivity contribution is 0.311. The van der Waals surface area contributed by atoms with Gasteiger partial charge in [-0.2, -0.15) is 4.98 Å². The van der Waals surface area contributed by atoms with Crippen LogP contribution < -0.4 is 15.4 Å². The van der Waals surface area contributed by atoms with Crippen LogP contribution in [-0.4, -0.2) is 65.0 Å². The second-order valence-electron chi connectivity index (χ2n) is 7.83. The van der Waals surface area contributed by atoms with E-state index >= 15 is 0 Å². The Morgan fingerprint density at radius 1 is 0.969 bits per heavy atom. The summed E-state index contributed by atoms with van der Waals surface area (Å²) in [6, 6.07) is 15.2. The summed E-state index contributed by atoms with van der Waals surface area (Å²) < 4.78 is 7.31. The van der Waals surface area contributed by atoms with E-state index in [2.05, 4.69) is 16.8 Å². The maximum Gasteiger partial charge on any atom is 0.228 e. The highest BCUT2D eigenvalue weighted by atomic mass is 35.5. The average molecular weight is 450 g/mol. The van der Waals surface area contributed by atoms with Gasteiger partial charge < -0.3 is 20.3 Å². The van der Waals surface area contributed by atoms with Crippen molar-refractivity contribution >= 4 is 34.4 Å². The highest BCUT2D eigenvalue weighted by molar-refractivity contribution is 6.30. The largest absolute Gasteiger partial charge is 0.496 e. The van der Waals surface area contributed by atoms with Crippen LogP contribution >= 0.6 is 11.6 Å². The summed E-state index contributed by atoms with van der Waals surface area (Å²) in [4.78, 5) is 14.3. The summed E-state index contributed by atoms with van der Waals surface area (Å²) in [5, 5.41) is 6.09. The number of hydrogen-bond acceptors (Lipinski definition) is 7. The SMILES string of the molecule is COc1ccccc1-c1nc(N2CCN(C)CC2)nc2nn(-c3ccc(Cl)cc3)c(N)c12. The van der Waals surface area contributed by atoms with E-state index in [9.17, 15) is 0 Å². The molecular formula is C23H24ClN7O. The van der Waals surface area contributed by atoms with E-state index < -0.39 is 0 Å². The molecule has 2 aromatic carbocycles. The van der Waals surface area contributed by atoms with Crippen molar-refractivity contribution in [2.75, 3.05) is 51.0 Å². The summed E-state index contributed by atoms with van der Waals surface area (Å²) in [5.74, 6) is 1.83. The maximum atomic E-state index is 6.61. The lowest BCUT2D eigenvalue weighted by atomic mass is 10.1. The van der Waals surface area contributed by atoms with Crippen molar-refractivity contribution in [3.8, 4) is 22.7 Å². The Bertz CT molecular complexity index is 1260. The van der Waals surface area contributed by atoms with Crippen molar-refractivity contribution < 1.29 is 4.74 Å². The number of methoxy groups -OCH3 is 1. The number of fused-ring (bicyclic) bond motifs is 1. The molecule has 0 aliphatic carbocycles. The van der Waals surface area contributed by atoms with Crippen LogP contribution in [0.2, 0.25) is 5.02 Å². The minimum atomic E-state index is 0.466. The summed E-state index contributed by atoms with van der Waals surface area (Å²) in [6.45, 7) is 3.60. The number of rotatable bonds is 4. The van der Waals surface area contributed by atoms with Crippen LogP contribution in [0.25, 0.3) is 28.0 Å². The van der Waals surface area contributed by atoms with E-state index in [4.69, 9.17) is 37.1 Å². The average Bonchev–Trinajstić information content (AvgIpc) is 3.16. The fourth-order valence-electron chi connectivity index (χ4n) is 3.96. The van der Waals surface area contributed by atoms with Gasteiger partial charge >= 0.3 is 0 Å². The van der Waals surface area contributed by atoms with Gasteiger partial charge in [0.05, 0.1) is 23.9 Å². The van der Waals surface area contributed by atoms with Crippen molar-refractivity contribution in [2.24, 2.45) is 0 Å². The van der Waals surface area contributed by atoms with Gasteiger partial charge in [0.1, 0.15) is 11.6 Å². The predicted octanol–water partition coefficient (Wildman–Crippen LogP) is 3.48. The van der Waals surface area contributed by atoms with Crippen molar-refractivity contribution in [2.45, 2.75) is 0 Å². The minimum Gasteiger partial charge on any atom is -0.496 e. The van der Waals surface area contributed by atoms with Gasteiger partial charge in [0.2, 0.25) is 5.95 Å². The van der Waals surface area contributed by atoms with Crippen molar-refractivity contribution in [1.82, 2.24) is 24.6 Å². The van der Waals surface area contributed by atoms with Crippen LogP contribution in [0.4, 0.5) is 11.8 Å². The van der Waals surface area contributed by atoms with Gasteiger partial charge in [-0.3, -0.25) is 0 Å². The molecule has 4 aromatic rings. The first-order valence-corrected chi connectivity index (χ1v) is 10.8. The number of nitrogens with two attached hydrogens (primary N) is 1. The number of ether oxygens (including phenoxy) is 1. The third-order valence-electron chi connectivity index (χ3n) is 5.78. The zero-order valence-corrected chi connectivity index (χ0v) is 18.8. The number of benzene rings is 2. The van der Waals surface area contributed by atoms with Gasteiger partial charge in [0.25, 0.3) is 0 Å². The first kappa shape index (κ1) is 20.5. The number of aromatic nitrogens is 4. The second kappa shape index (κ2) is 8.29. The molecule has 0 saturated carbocycles. The van der Waals surface area contributed by atoms with Crippen LogP contribution in [0.1, 0.15) is 0 Å². The zero-order valence-electron chi connectivity index (χ0n) is 18.0. The third kappa shape index (κ3) is 3.61. The number of nitrogen functional groups attached to an aromatic ring is 1. The molecule has 0 unspecified atom stereocenters. The summed E-state index contributed by atoms with van der Waals surface area (Å²) in [6.07, 6.45) is 0. The van der Waals surface area contributed by atoms with Crippen molar-refractivity contribution in [3.05, 3.63) is 53.6 Å². The Morgan fingerprint density at radius 2 is 1.69 bits per heavy atom. The second-order valence-corrected chi connectivity index (χ2v) is 8.27. The Kier molecular flexibility index (Phi) is 5.32. The van der Waals surface area contributed by atoms with E-state index in [0.717, 1.165) is 43.2 Å². The molecule has 2 aromatic heterocycles. The third-order valence-corrected chi connectivity index (χ3v) is 6.03. The quantitative estimate of drug-likeness (QED) is 0.510. The van der Waals surface area contributed by atoms with Crippen molar-refractivity contribution in [3.63, 3.8) is 0 Å². The molecule has 0 spiro atoms. The minimum absolute atomic E-state index is 0.466. The van der Waals surface area contributed by atoms with E-state index in [1.54, 1.807) is 11.8 Å². The molecule has 5 rings (SSSR count). The van der Waals surface area contributed by atoms with E-state index in [1.165, 1.54) is 0 Å². The van der Waals surface area contributed by atoms with Crippen molar-refractivity contribution in [1.29, 1.82) is 0 Å². The van der Waals surface area contributed by atoms with E-state index in [0.29, 0.717) is 33.5 Å². The highest BCUT2D eigenvalue weighted by Gasteiger charge is 2.24. The molecular weight excluding hydrogens is 426 g/mol. The Hall–Kier alpha value is -3.36. The number of piperazine rings is 1. The van der Waals surface area contributed by atoms with E-state index in [-0.39, 0.29) is 0 Å². The van der Waals surface area contributed by atoms with Gasteiger partial charge in [-0.05, 0) is 43.4 Å². The monoisotopic (exact) mass is 449 g/mol. The molecule has 32 heavy (non-hydrogen) atoms. The summed E-state index contributed by atoms with van der Waals surface area (Å²) >= 11 is 6.07. The smallest absolute Gasteiger partial charge is 0.228 e. The zero-order chi connectivity index (χ0) is 22.2. The first-order chi connectivity index (χ1) is 15.5. The van der Waals surface area contributed by atoms with Crippen LogP contribution in [0.3, 0.4) is 0 Å². The summed E-state index contributed by atoms with van der Waals surface area (Å²) in [5.41, 5.74) is 9.51. The number of anilines is 2. The lowest BCUT2D eigenvalue weighted by Gasteiger charge is -2.32. The Labute approximate surface area is 191 Å². The van der Waals surface area contributed by atoms with Crippen LogP contribution in [0.5, 0.6) is 5.75 Å². The normalized spacial score (nSPS) is 14.8. The molecule has 1 aliphatic rings. The molecule has 0 atom stereocenters. The topological polar surface area (TPSA) is 85.3 Å². The number of nitrogens with zero attached hydrogens (tertiary/aromatic N) is 6. The molecule has 2 N–H and O–H groups in total. The molecule has 0 radical (unpaired) electrons. The lowest BCUT2D eigenvalue weighted by Crippen LogP contribution is -2.45. The Balaban J connectivity index is 1.73. The van der Waals surface area contributed by atoms with Crippen LogP contribution in [0, 0.1) is 0 Å². The molecule has 9 heteroatoms. The first-order valence-electron chi connectivity index (χ1n) is 10.4. The van der Waals surface area contributed by atoms with Gasteiger partial charge in [-0.1, -0.05) is 23.7 Å². The molecule has 1 aliphatic heterocycles. The van der Waals surface area contributed by atoms with E-state index in [1.807, 2.05) is 48.5 Å². The van der Waals surface area contributed by atoms with Gasteiger partial charge in [-0.25, -0.2) is 9.67 Å². The molecule has 1 saturated heterocycles. The molecule has 164 valence electrons. The fourth-order valence-corrected chi connectivity index (χ4v) is 4.09. The fraction of sp³-hybridized carbons (Fsp3) is 0.261. The number of para-hydroxylation sites is 1. The predicted molar refractivity (Wildman–Crippen MR) is 128 cm³/mol. The molecule has 1 fully saturated rings. The van der Waals surface area contributed by atoms with Gasteiger partial charge in [-0.15, -0.1) is 5.10 Å². The molecule has 8 nitrogen and oxygen atoms in total. The van der Waals surface area contributed by atoms with Gasteiger partial charge in [0, 0.05) is 36.8 Å². The maximum absolute atomic E-state index is 6.61. The van der Waals surface area contributed by atoms with Gasteiger partial charge in [0.15, 0.2) is 5.65 Å². The molecule has 0 amide bonds. The number of likely N-dealkylation sites (N-methyl/N-ethyl adjacent to an activating group) is 1.